The number of hydrogen-bond donors (Lipinski definition) is 3. The zero-order valence-corrected chi connectivity index (χ0v) is 26.7. The number of pyridine rings is 1. The average molecular weight is 594 g/mol. The van der Waals surface area contributed by atoms with E-state index in [2.05, 4.69) is 46.9 Å². The Bertz CT molecular complexity index is 1070. The molecular weight excluding hydrogens is 546 g/mol. The van der Waals surface area contributed by atoms with Crippen molar-refractivity contribution in [1.82, 2.24) is 15.6 Å². The fourth-order valence-electron chi connectivity index (χ4n) is 3.33. The second-order valence-corrected chi connectivity index (χ2v) is 12.9. The number of ether oxygens (including phenoxy) is 2. The molecule has 0 radical (unpaired) electrons. The first-order valence-corrected chi connectivity index (χ1v) is 15.3. The molecule has 0 fully saturated rings. The van der Waals surface area contributed by atoms with Gasteiger partial charge in [-0.2, -0.15) is 11.8 Å². The Morgan fingerprint density at radius 3 is 2.30 bits per heavy atom. The van der Waals surface area contributed by atoms with Crippen LogP contribution in [0.1, 0.15) is 86.1 Å². The predicted octanol–water partition coefficient (Wildman–Crippen LogP) is 7.73. The van der Waals surface area contributed by atoms with Crippen molar-refractivity contribution in [3.05, 3.63) is 42.1 Å². The highest BCUT2D eigenvalue weighted by Crippen LogP contribution is 2.18. The summed E-state index contributed by atoms with van der Waals surface area (Å²) >= 11 is 6.34. The molecule has 0 saturated carbocycles. The quantitative estimate of drug-likeness (QED) is 0.169. The number of benzene rings is 1. The first-order valence-electron chi connectivity index (χ1n) is 13.8. The van der Waals surface area contributed by atoms with Gasteiger partial charge in [0, 0.05) is 42.1 Å². The number of carbonyl (C=O) groups is 2. The van der Waals surface area contributed by atoms with Gasteiger partial charge in [-0.05, 0) is 90.7 Å². The van der Waals surface area contributed by atoms with Gasteiger partial charge in [-0.15, -0.1) is 0 Å². The number of carbonyl (C=O) groups excluding carboxylic acids is 2. The summed E-state index contributed by atoms with van der Waals surface area (Å²) in [5.74, 6) is 1.73. The van der Waals surface area contributed by atoms with E-state index in [1.807, 2.05) is 65.9 Å². The van der Waals surface area contributed by atoms with Crippen molar-refractivity contribution in [1.29, 1.82) is 0 Å². The SMILES string of the molecule is CC(C)(C)OC(=O)NCCCCCC(O)=S.CC[C@@H](CSCc1cnc2ccccc2c1)NC(=O)OC(C)(C)C. The summed E-state index contributed by atoms with van der Waals surface area (Å²) in [5, 5.41) is 15.6. The Hall–Kier alpha value is -2.59. The highest BCUT2D eigenvalue weighted by molar-refractivity contribution is 7.98. The number of amides is 2. The fraction of sp³-hybridized carbons (Fsp3) is 0.600. The maximum Gasteiger partial charge on any atom is 0.407 e. The Labute approximate surface area is 249 Å². The number of nitrogens with zero attached hydrogens (tertiary/aromatic N) is 1. The van der Waals surface area contributed by atoms with Gasteiger partial charge in [0.1, 0.15) is 11.2 Å². The van der Waals surface area contributed by atoms with Crippen LogP contribution in [0.5, 0.6) is 0 Å². The molecule has 0 bridgehead atoms. The highest BCUT2D eigenvalue weighted by atomic mass is 32.2. The lowest BCUT2D eigenvalue weighted by Gasteiger charge is -2.23. The normalized spacial score (nSPS) is 12.1. The second-order valence-electron chi connectivity index (χ2n) is 11.4. The van der Waals surface area contributed by atoms with Crippen molar-refractivity contribution in [2.75, 3.05) is 12.3 Å². The first-order chi connectivity index (χ1) is 18.7. The first kappa shape index (κ1) is 35.4. The molecule has 3 N–H and O–H groups in total. The minimum absolute atomic E-state index is 0.0556. The van der Waals surface area contributed by atoms with Gasteiger partial charge in [-0.3, -0.25) is 4.98 Å². The van der Waals surface area contributed by atoms with Crippen LogP contribution in [0, 0.1) is 0 Å². The topological polar surface area (TPSA) is 110 Å². The van der Waals surface area contributed by atoms with Crippen molar-refractivity contribution < 1.29 is 24.2 Å². The number of aromatic nitrogens is 1. The number of aliphatic hydroxyl groups excluding tert-OH is 1. The lowest BCUT2D eigenvalue weighted by Crippen LogP contribution is -2.40. The molecule has 40 heavy (non-hydrogen) atoms. The molecule has 2 aromatic rings. The molecule has 0 saturated heterocycles. The third kappa shape index (κ3) is 17.9. The predicted molar refractivity (Wildman–Crippen MR) is 169 cm³/mol. The van der Waals surface area contributed by atoms with Gasteiger partial charge in [0.25, 0.3) is 0 Å². The van der Waals surface area contributed by atoms with Crippen molar-refractivity contribution in [3.63, 3.8) is 0 Å². The van der Waals surface area contributed by atoms with E-state index in [0.29, 0.717) is 13.0 Å². The zero-order chi connectivity index (χ0) is 30.2. The van der Waals surface area contributed by atoms with Gasteiger partial charge in [0.2, 0.25) is 0 Å². The van der Waals surface area contributed by atoms with Crippen molar-refractivity contribution in [2.24, 2.45) is 0 Å². The highest BCUT2D eigenvalue weighted by Gasteiger charge is 2.19. The van der Waals surface area contributed by atoms with E-state index >= 15 is 0 Å². The van der Waals surface area contributed by atoms with Crippen LogP contribution in [0.15, 0.2) is 36.5 Å². The van der Waals surface area contributed by atoms with Crippen LogP contribution in [0.2, 0.25) is 0 Å². The standard InChI is InChI=1S/C19H26N2O2S.C11H21NO3S/c1-5-16(21-18(22)23-19(2,3)4)13-24-12-14-10-15-8-6-7-9-17(15)20-11-14;1-11(2,3)15-10(14)12-8-6-4-5-7-9(13)16/h6-11,16H,5,12-13H2,1-4H3,(H,21,22);4-8H2,1-3H3,(H,12,14)(H,13,16)/t16-;/m0./s1. The third-order valence-electron chi connectivity index (χ3n) is 5.18. The Balaban J connectivity index is 0.000000437. The largest absolute Gasteiger partial charge is 0.502 e. The number of rotatable bonds is 12. The van der Waals surface area contributed by atoms with Crippen LogP contribution in [0.3, 0.4) is 0 Å². The molecule has 224 valence electrons. The molecule has 1 aromatic carbocycles. The summed E-state index contributed by atoms with van der Waals surface area (Å²) in [7, 11) is 0. The van der Waals surface area contributed by atoms with E-state index in [9.17, 15) is 9.59 Å². The Kier molecular flexibility index (Phi) is 15.9. The molecule has 1 atom stereocenters. The maximum atomic E-state index is 11.9. The number of thiocarbonyl (C=S) groups is 1. The molecule has 1 heterocycles. The molecule has 0 aliphatic heterocycles. The summed E-state index contributed by atoms with van der Waals surface area (Å²) in [6.07, 6.45) is 5.28. The number of fused-ring (bicyclic) bond motifs is 1. The smallest absolute Gasteiger partial charge is 0.407 e. The summed E-state index contributed by atoms with van der Waals surface area (Å²) in [4.78, 5) is 27.5. The molecule has 2 amide bonds. The number of para-hydroxylation sites is 1. The number of aliphatic hydroxyl groups is 1. The lowest BCUT2D eigenvalue weighted by molar-refractivity contribution is 0.0503. The monoisotopic (exact) mass is 593 g/mol. The van der Waals surface area contributed by atoms with Crippen molar-refractivity contribution >= 4 is 52.1 Å². The number of alkyl carbamates (subject to hydrolysis) is 2. The summed E-state index contributed by atoms with van der Waals surface area (Å²) in [5.41, 5.74) is 1.30. The average Bonchev–Trinajstić information content (AvgIpc) is 2.83. The van der Waals surface area contributed by atoms with Crippen molar-refractivity contribution in [2.45, 2.75) is 104 Å². The number of nitrogens with one attached hydrogen (secondary N) is 2. The molecule has 0 spiro atoms. The van der Waals surface area contributed by atoms with E-state index in [0.717, 1.165) is 48.1 Å². The Morgan fingerprint density at radius 2 is 1.68 bits per heavy atom. The summed E-state index contributed by atoms with van der Waals surface area (Å²) < 4.78 is 10.4. The van der Waals surface area contributed by atoms with E-state index < -0.39 is 11.2 Å². The molecule has 0 unspecified atom stereocenters. The lowest BCUT2D eigenvalue weighted by atomic mass is 10.2. The van der Waals surface area contributed by atoms with Crippen LogP contribution in [-0.4, -0.2) is 56.9 Å². The minimum Gasteiger partial charge on any atom is -0.502 e. The molecule has 1 aromatic heterocycles. The van der Waals surface area contributed by atoms with Gasteiger partial charge in [0.05, 0.1) is 5.52 Å². The number of unbranched alkanes of at least 4 members (excludes halogenated alkanes) is 2. The minimum atomic E-state index is -0.466. The van der Waals surface area contributed by atoms with Crippen LogP contribution < -0.4 is 10.6 Å². The third-order valence-corrected chi connectivity index (χ3v) is 6.56. The molecule has 2 rings (SSSR count). The zero-order valence-electron chi connectivity index (χ0n) is 25.0. The van der Waals surface area contributed by atoms with Crippen LogP contribution in [0.4, 0.5) is 9.59 Å². The van der Waals surface area contributed by atoms with Crippen LogP contribution in [0.25, 0.3) is 10.9 Å². The van der Waals surface area contributed by atoms with Gasteiger partial charge >= 0.3 is 12.2 Å². The van der Waals surface area contributed by atoms with Gasteiger partial charge in [0.15, 0.2) is 5.05 Å². The van der Waals surface area contributed by atoms with E-state index in [4.69, 9.17) is 14.6 Å². The van der Waals surface area contributed by atoms with Crippen LogP contribution in [-0.2, 0) is 15.2 Å². The fourth-order valence-corrected chi connectivity index (χ4v) is 4.59. The molecule has 0 aliphatic carbocycles. The number of hydrogen-bond acceptors (Lipinski definition) is 7. The summed E-state index contributed by atoms with van der Waals surface area (Å²) in [6.45, 7) is 13.8. The van der Waals surface area contributed by atoms with Gasteiger partial charge in [-0.25, -0.2) is 9.59 Å². The molecule has 0 aliphatic rings. The Morgan fingerprint density at radius 1 is 1.02 bits per heavy atom. The van der Waals surface area contributed by atoms with Crippen LogP contribution >= 0.6 is 24.0 Å². The second kappa shape index (κ2) is 18.0. The van der Waals surface area contributed by atoms with Gasteiger partial charge in [-0.1, -0.05) is 31.5 Å². The summed E-state index contributed by atoms with van der Waals surface area (Å²) in [6, 6.07) is 10.4. The van der Waals surface area contributed by atoms with E-state index in [1.165, 1.54) is 5.56 Å². The number of thioether (sulfide) groups is 1. The van der Waals surface area contributed by atoms with Crippen molar-refractivity contribution in [3.8, 4) is 0 Å². The molecule has 10 heteroatoms. The van der Waals surface area contributed by atoms with E-state index in [1.54, 1.807) is 11.8 Å². The molecule has 8 nitrogen and oxygen atoms in total. The van der Waals surface area contributed by atoms with E-state index in [-0.39, 0.29) is 23.3 Å². The van der Waals surface area contributed by atoms with Gasteiger partial charge < -0.3 is 25.2 Å². The molecular formula is C30H47N3O5S2. The maximum absolute atomic E-state index is 11.9.